The van der Waals surface area contributed by atoms with Gasteiger partial charge < -0.3 is 5.32 Å². The number of carbonyl (C=O) groups is 1. The Kier molecular flexibility index (Phi) is 4.90. The molecule has 4 rings (SSSR count). The van der Waals surface area contributed by atoms with Crippen molar-refractivity contribution in [3.05, 3.63) is 76.0 Å². The molecule has 0 atom stereocenters. The topological polar surface area (TPSA) is 46.9 Å². The normalized spacial score (nSPS) is 13.4. The van der Waals surface area contributed by atoms with Crippen LogP contribution in [0.5, 0.6) is 0 Å². The van der Waals surface area contributed by atoms with Crippen LogP contribution in [-0.2, 0) is 17.7 Å². The standard InChI is InChI=1S/C21H18F3N3OS/c1-12-6-7-16(8-13(12)2)27-19(17-10-29-11-18(17)26-27)25-20(28)14-4-3-5-15(9-14)21(22,23)24/h3-9H,10-11H2,1-2H3,(H,25,28). The minimum atomic E-state index is -4.50. The minimum Gasteiger partial charge on any atom is -0.306 e. The first-order valence-electron chi connectivity index (χ1n) is 8.99. The highest BCUT2D eigenvalue weighted by Gasteiger charge is 2.31. The molecular formula is C21H18F3N3OS. The number of hydrogen-bond acceptors (Lipinski definition) is 3. The molecule has 0 spiro atoms. The van der Waals surface area contributed by atoms with E-state index in [0.717, 1.165) is 46.0 Å². The number of fused-ring (bicyclic) bond motifs is 1. The van der Waals surface area contributed by atoms with Gasteiger partial charge in [0.15, 0.2) is 0 Å². The van der Waals surface area contributed by atoms with Gasteiger partial charge in [0.25, 0.3) is 5.91 Å². The number of rotatable bonds is 3. The lowest BCUT2D eigenvalue weighted by atomic mass is 10.1. The molecule has 1 aromatic heterocycles. The van der Waals surface area contributed by atoms with Crippen molar-refractivity contribution in [3.8, 4) is 5.69 Å². The van der Waals surface area contributed by atoms with Crippen LogP contribution in [0.25, 0.3) is 5.69 Å². The SMILES string of the molecule is Cc1ccc(-n2nc3c(c2NC(=O)c2cccc(C(F)(F)F)c2)CSC3)cc1C. The van der Waals surface area contributed by atoms with Gasteiger partial charge in [-0.05, 0) is 55.3 Å². The Labute approximate surface area is 170 Å². The molecule has 0 aliphatic carbocycles. The summed E-state index contributed by atoms with van der Waals surface area (Å²) >= 11 is 1.69. The van der Waals surface area contributed by atoms with Gasteiger partial charge in [-0.3, -0.25) is 4.79 Å². The van der Waals surface area contributed by atoms with Crippen LogP contribution in [-0.4, -0.2) is 15.7 Å². The van der Waals surface area contributed by atoms with Crippen molar-refractivity contribution < 1.29 is 18.0 Å². The highest BCUT2D eigenvalue weighted by molar-refractivity contribution is 7.98. The molecule has 1 amide bonds. The lowest BCUT2D eigenvalue weighted by Crippen LogP contribution is -2.17. The first kappa shape index (κ1) is 19.6. The summed E-state index contributed by atoms with van der Waals surface area (Å²) in [4.78, 5) is 12.8. The molecule has 1 aliphatic heterocycles. The molecule has 0 bridgehead atoms. The van der Waals surface area contributed by atoms with Crippen LogP contribution in [0.3, 0.4) is 0 Å². The van der Waals surface area contributed by atoms with Crippen LogP contribution in [0, 0.1) is 13.8 Å². The fraction of sp³-hybridized carbons (Fsp3) is 0.238. The maximum atomic E-state index is 13.0. The van der Waals surface area contributed by atoms with Gasteiger partial charge >= 0.3 is 6.18 Å². The van der Waals surface area contributed by atoms with Gasteiger partial charge in [-0.15, -0.1) is 0 Å². The van der Waals surface area contributed by atoms with Crippen molar-refractivity contribution in [2.24, 2.45) is 0 Å². The number of aryl methyl sites for hydroxylation is 2. The molecule has 3 aromatic rings. The van der Waals surface area contributed by atoms with Crippen molar-refractivity contribution in [1.29, 1.82) is 0 Å². The summed E-state index contributed by atoms with van der Waals surface area (Å²) in [7, 11) is 0. The number of thioether (sulfide) groups is 1. The third-order valence-electron chi connectivity index (χ3n) is 4.97. The third kappa shape index (κ3) is 3.76. The predicted octanol–water partition coefficient (Wildman–Crippen LogP) is 5.51. The lowest BCUT2D eigenvalue weighted by Gasteiger charge is -2.13. The van der Waals surface area contributed by atoms with E-state index in [1.165, 1.54) is 12.1 Å². The Balaban J connectivity index is 1.72. The van der Waals surface area contributed by atoms with E-state index in [1.54, 1.807) is 16.4 Å². The quantitative estimate of drug-likeness (QED) is 0.612. The van der Waals surface area contributed by atoms with Gasteiger partial charge in [0, 0.05) is 22.6 Å². The van der Waals surface area contributed by atoms with Crippen molar-refractivity contribution >= 4 is 23.5 Å². The van der Waals surface area contributed by atoms with Crippen LogP contribution in [0.15, 0.2) is 42.5 Å². The molecule has 0 fully saturated rings. The number of hydrogen-bond donors (Lipinski definition) is 1. The van der Waals surface area contributed by atoms with Crippen LogP contribution in [0.1, 0.15) is 38.3 Å². The van der Waals surface area contributed by atoms with E-state index < -0.39 is 17.6 Å². The first-order valence-corrected chi connectivity index (χ1v) is 10.1. The van der Waals surface area contributed by atoms with Crippen molar-refractivity contribution in [1.82, 2.24) is 9.78 Å². The number of nitrogens with one attached hydrogen (secondary N) is 1. The monoisotopic (exact) mass is 417 g/mol. The number of amides is 1. The number of alkyl halides is 3. The molecule has 0 saturated carbocycles. The zero-order valence-corrected chi connectivity index (χ0v) is 16.6. The maximum absolute atomic E-state index is 13.0. The fourth-order valence-electron chi connectivity index (χ4n) is 3.20. The number of halogens is 3. The van der Waals surface area contributed by atoms with Gasteiger partial charge in [-0.1, -0.05) is 12.1 Å². The molecule has 8 heteroatoms. The summed E-state index contributed by atoms with van der Waals surface area (Å²) in [5, 5.41) is 7.44. The number of anilines is 1. The minimum absolute atomic E-state index is 0.0490. The van der Waals surface area contributed by atoms with Gasteiger partial charge in [0.2, 0.25) is 0 Å². The molecule has 4 nitrogen and oxygen atoms in total. The van der Waals surface area contributed by atoms with Gasteiger partial charge in [0.1, 0.15) is 5.82 Å². The molecule has 0 saturated heterocycles. The summed E-state index contributed by atoms with van der Waals surface area (Å²) < 4.78 is 40.7. The van der Waals surface area contributed by atoms with Crippen molar-refractivity contribution in [2.45, 2.75) is 31.5 Å². The van der Waals surface area contributed by atoms with E-state index in [1.807, 2.05) is 32.0 Å². The predicted molar refractivity (Wildman–Crippen MR) is 107 cm³/mol. The zero-order valence-electron chi connectivity index (χ0n) is 15.8. The largest absolute Gasteiger partial charge is 0.416 e. The smallest absolute Gasteiger partial charge is 0.306 e. The van der Waals surface area contributed by atoms with E-state index in [4.69, 9.17) is 0 Å². The molecule has 1 aliphatic rings. The Morgan fingerprint density at radius 1 is 1.10 bits per heavy atom. The summed E-state index contributed by atoms with van der Waals surface area (Å²) in [6, 6.07) is 10.3. The average Bonchev–Trinajstić information content (AvgIpc) is 3.26. The zero-order chi connectivity index (χ0) is 20.8. The third-order valence-corrected chi connectivity index (χ3v) is 5.94. The summed E-state index contributed by atoms with van der Waals surface area (Å²) in [6.45, 7) is 4.00. The van der Waals surface area contributed by atoms with Gasteiger partial charge in [0.05, 0.1) is 16.9 Å². The molecule has 0 unspecified atom stereocenters. The Morgan fingerprint density at radius 3 is 2.62 bits per heavy atom. The first-order chi connectivity index (χ1) is 13.7. The highest BCUT2D eigenvalue weighted by Crippen LogP contribution is 2.36. The fourth-order valence-corrected chi connectivity index (χ4v) is 4.24. The number of nitrogens with zero attached hydrogens (tertiary/aromatic N) is 2. The molecule has 2 aromatic carbocycles. The van der Waals surface area contributed by atoms with E-state index in [0.29, 0.717) is 11.6 Å². The Morgan fingerprint density at radius 2 is 1.90 bits per heavy atom. The van der Waals surface area contributed by atoms with Crippen LogP contribution in [0.4, 0.5) is 19.0 Å². The van der Waals surface area contributed by atoms with Crippen LogP contribution < -0.4 is 5.32 Å². The molecular weight excluding hydrogens is 399 g/mol. The van der Waals surface area contributed by atoms with Gasteiger partial charge in [-0.2, -0.15) is 30.0 Å². The number of benzene rings is 2. The second-order valence-electron chi connectivity index (χ2n) is 6.98. The van der Waals surface area contributed by atoms with E-state index in [2.05, 4.69) is 10.4 Å². The molecule has 0 radical (unpaired) electrons. The Bertz CT molecular complexity index is 1110. The number of carbonyl (C=O) groups excluding carboxylic acids is 1. The lowest BCUT2D eigenvalue weighted by molar-refractivity contribution is -0.137. The van der Waals surface area contributed by atoms with Crippen LogP contribution in [0.2, 0.25) is 0 Å². The van der Waals surface area contributed by atoms with Gasteiger partial charge in [-0.25, -0.2) is 4.68 Å². The summed E-state index contributed by atoms with van der Waals surface area (Å²) in [5.74, 6) is 1.34. The molecule has 2 heterocycles. The molecule has 150 valence electrons. The van der Waals surface area contributed by atoms with Crippen molar-refractivity contribution in [2.75, 3.05) is 5.32 Å². The highest BCUT2D eigenvalue weighted by atomic mass is 32.2. The second-order valence-corrected chi connectivity index (χ2v) is 7.97. The van der Waals surface area contributed by atoms with E-state index in [9.17, 15) is 18.0 Å². The number of aromatic nitrogens is 2. The summed E-state index contributed by atoms with van der Waals surface area (Å²) in [5.41, 5.74) is 3.91. The maximum Gasteiger partial charge on any atom is 0.416 e. The summed E-state index contributed by atoms with van der Waals surface area (Å²) in [6.07, 6.45) is -4.50. The molecule has 1 N–H and O–H groups in total. The van der Waals surface area contributed by atoms with E-state index >= 15 is 0 Å². The molecule has 29 heavy (non-hydrogen) atoms. The van der Waals surface area contributed by atoms with Crippen molar-refractivity contribution in [3.63, 3.8) is 0 Å². The second kappa shape index (κ2) is 7.26. The van der Waals surface area contributed by atoms with Crippen LogP contribution >= 0.6 is 11.8 Å². The average molecular weight is 417 g/mol. The van der Waals surface area contributed by atoms with E-state index in [-0.39, 0.29) is 5.56 Å². The Hall–Kier alpha value is -2.74.